The first kappa shape index (κ1) is 47.4. The lowest BCUT2D eigenvalue weighted by Crippen LogP contribution is -2.49. The summed E-state index contributed by atoms with van der Waals surface area (Å²) >= 11 is 0. The lowest BCUT2D eigenvalue weighted by atomic mass is 10.0. The van der Waals surface area contributed by atoms with Crippen LogP contribution in [0, 0.1) is 0 Å². The van der Waals surface area contributed by atoms with Crippen molar-refractivity contribution in [3.63, 3.8) is 0 Å². The third kappa shape index (κ3) is 33.8. The molecule has 0 aromatic rings. The highest BCUT2D eigenvalue weighted by molar-refractivity contribution is 5.80. The van der Waals surface area contributed by atoms with E-state index in [1.807, 2.05) is 0 Å². The van der Waals surface area contributed by atoms with E-state index in [1.165, 1.54) is 186 Å². The number of nitrogens with one attached hydrogen (secondary N) is 1. The standard InChI is InChI=1S/C43H87NO4/c1-3-5-7-9-11-13-15-17-19-20-21-22-23-24-26-27-29-31-33-35-37-41(46)40(39-45)44-43(48)42(47)38-36-34-32-30-28-25-18-16-14-12-10-8-6-4-2/h40-42,45-47H,3-39H2,1-2H3,(H,44,48). The van der Waals surface area contributed by atoms with Crippen LogP contribution in [0.5, 0.6) is 0 Å². The number of aliphatic hydroxyl groups excluding tert-OH is 3. The van der Waals surface area contributed by atoms with Gasteiger partial charge in [0.15, 0.2) is 0 Å². The fourth-order valence-electron chi connectivity index (χ4n) is 7.02. The molecule has 0 bridgehead atoms. The molecule has 48 heavy (non-hydrogen) atoms. The lowest BCUT2D eigenvalue weighted by Gasteiger charge is -2.23. The Morgan fingerprint density at radius 3 is 0.938 bits per heavy atom. The monoisotopic (exact) mass is 682 g/mol. The average Bonchev–Trinajstić information content (AvgIpc) is 3.09. The first-order chi connectivity index (χ1) is 23.6. The molecule has 0 saturated carbocycles. The van der Waals surface area contributed by atoms with Crippen molar-refractivity contribution in [3.8, 4) is 0 Å². The van der Waals surface area contributed by atoms with Gasteiger partial charge in [0.1, 0.15) is 6.10 Å². The molecule has 0 rings (SSSR count). The van der Waals surface area contributed by atoms with Crippen molar-refractivity contribution >= 4 is 5.91 Å². The summed E-state index contributed by atoms with van der Waals surface area (Å²) < 4.78 is 0. The number of aliphatic hydroxyl groups is 3. The minimum atomic E-state index is -1.07. The predicted octanol–water partition coefficient (Wildman–Crippen LogP) is 12.3. The number of hydrogen-bond donors (Lipinski definition) is 4. The van der Waals surface area contributed by atoms with E-state index in [-0.39, 0.29) is 6.61 Å². The number of carbonyl (C=O) groups is 1. The molecule has 3 unspecified atom stereocenters. The van der Waals surface area contributed by atoms with Gasteiger partial charge in [-0.2, -0.15) is 0 Å². The maximum atomic E-state index is 12.5. The molecule has 0 aliphatic carbocycles. The summed E-state index contributed by atoms with van der Waals surface area (Å²) in [6, 6.07) is -0.705. The van der Waals surface area contributed by atoms with Gasteiger partial charge in [0, 0.05) is 0 Å². The Hall–Kier alpha value is -0.650. The second-order valence-electron chi connectivity index (χ2n) is 15.3. The van der Waals surface area contributed by atoms with Crippen molar-refractivity contribution in [1.29, 1.82) is 0 Å². The van der Waals surface area contributed by atoms with Gasteiger partial charge in [0.05, 0.1) is 18.8 Å². The first-order valence-corrected chi connectivity index (χ1v) is 21.8. The molecule has 0 spiro atoms. The highest BCUT2D eigenvalue weighted by Gasteiger charge is 2.23. The van der Waals surface area contributed by atoms with Crippen molar-refractivity contribution in [2.45, 2.75) is 263 Å². The zero-order chi connectivity index (χ0) is 35.2. The summed E-state index contributed by atoms with van der Waals surface area (Å²) in [7, 11) is 0. The van der Waals surface area contributed by atoms with E-state index in [0.29, 0.717) is 12.8 Å². The molecule has 0 aromatic carbocycles. The lowest BCUT2D eigenvalue weighted by molar-refractivity contribution is -0.131. The Labute approximate surface area is 300 Å². The van der Waals surface area contributed by atoms with E-state index < -0.39 is 24.2 Å². The van der Waals surface area contributed by atoms with E-state index in [2.05, 4.69) is 19.2 Å². The zero-order valence-corrected chi connectivity index (χ0v) is 32.6. The average molecular weight is 682 g/mol. The van der Waals surface area contributed by atoms with E-state index in [1.54, 1.807) is 0 Å². The third-order valence-corrected chi connectivity index (χ3v) is 10.5. The summed E-state index contributed by atoms with van der Waals surface area (Å²) in [5.74, 6) is -0.466. The van der Waals surface area contributed by atoms with Crippen LogP contribution in [-0.4, -0.2) is 46.1 Å². The van der Waals surface area contributed by atoms with Gasteiger partial charge in [-0.25, -0.2) is 0 Å². The second-order valence-corrected chi connectivity index (χ2v) is 15.3. The van der Waals surface area contributed by atoms with Gasteiger partial charge in [-0.15, -0.1) is 0 Å². The van der Waals surface area contributed by atoms with Crippen molar-refractivity contribution < 1.29 is 20.1 Å². The number of rotatable bonds is 40. The van der Waals surface area contributed by atoms with Crippen LogP contribution in [0.25, 0.3) is 0 Å². The molecule has 3 atom stereocenters. The van der Waals surface area contributed by atoms with Gasteiger partial charge >= 0.3 is 0 Å². The molecule has 0 aromatic heterocycles. The Morgan fingerprint density at radius 1 is 0.417 bits per heavy atom. The molecule has 0 saturated heterocycles. The number of amides is 1. The molecule has 0 aliphatic heterocycles. The Bertz CT molecular complexity index is 630. The summed E-state index contributed by atoms with van der Waals surface area (Å²) in [5, 5.41) is 33.3. The van der Waals surface area contributed by atoms with Crippen LogP contribution in [0.3, 0.4) is 0 Å². The maximum absolute atomic E-state index is 12.5. The number of unbranched alkanes of at least 4 members (excludes halogenated alkanes) is 32. The quantitative estimate of drug-likeness (QED) is 0.0485. The van der Waals surface area contributed by atoms with E-state index in [9.17, 15) is 20.1 Å². The fourth-order valence-corrected chi connectivity index (χ4v) is 7.02. The van der Waals surface area contributed by atoms with Gasteiger partial charge in [0.25, 0.3) is 0 Å². The van der Waals surface area contributed by atoms with Crippen molar-refractivity contribution in [1.82, 2.24) is 5.32 Å². The molecule has 0 aliphatic rings. The fraction of sp³-hybridized carbons (Fsp3) is 0.977. The maximum Gasteiger partial charge on any atom is 0.249 e. The molecule has 5 heteroatoms. The van der Waals surface area contributed by atoms with Crippen LogP contribution in [0.1, 0.15) is 245 Å². The Balaban J connectivity index is 3.58. The van der Waals surface area contributed by atoms with Gasteiger partial charge in [-0.1, -0.05) is 232 Å². The molecule has 0 fully saturated rings. The second kappa shape index (κ2) is 39.1. The highest BCUT2D eigenvalue weighted by atomic mass is 16.3. The predicted molar refractivity (Wildman–Crippen MR) is 209 cm³/mol. The van der Waals surface area contributed by atoms with E-state index >= 15 is 0 Å². The molecule has 4 N–H and O–H groups in total. The molecule has 0 radical (unpaired) electrons. The summed E-state index contributed by atoms with van der Waals surface area (Å²) in [5.41, 5.74) is 0. The van der Waals surface area contributed by atoms with E-state index in [4.69, 9.17) is 0 Å². The summed E-state index contributed by atoms with van der Waals surface area (Å²) in [4.78, 5) is 12.5. The minimum Gasteiger partial charge on any atom is -0.394 e. The zero-order valence-electron chi connectivity index (χ0n) is 32.6. The van der Waals surface area contributed by atoms with Crippen LogP contribution >= 0.6 is 0 Å². The molecular formula is C43H87NO4. The number of hydrogen-bond acceptors (Lipinski definition) is 4. The van der Waals surface area contributed by atoms with Gasteiger partial charge in [-0.3, -0.25) is 4.79 Å². The largest absolute Gasteiger partial charge is 0.394 e. The highest BCUT2D eigenvalue weighted by Crippen LogP contribution is 2.17. The first-order valence-electron chi connectivity index (χ1n) is 21.8. The van der Waals surface area contributed by atoms with Crippen LogP contribution in [0.15, 0.2) is 0 Å². The van der Waals surface area contributed by atoms with Crippen molar-refractivity contribution in [2.24, 2.45) is 0 Å². The number of carbonyl (C=O) groups excluding carboxylic acids is 1. The third-order valence-electron chi connectivity index (χ3n) is 10.5. The van der Waals surface area contributed by atoms with Crippen molar-refractivity contribution in [2.75, 3.05) is 6.61 Å². The van der Waals surface area contributed by atoms with Crippen LogP contribution in [0.4, 0.5) is 0 Å². The normalized spacial score (nSPS) is 13.5. The summed E-state index contributed by atoms with van der Waals surface area (Å²) in [6.07, 6.45) is 43.8. The SMILES string of the molecule is CCCCCCCCCCCCCCCCCCCCCCC(O)C(CO)NC(=O)C(O)CCCCCCCCCCCCCCCC. The minimum absolute atomic E-state index is 0.308. The van der Waals surface area contributed by atoms with Gasteiger partial charge in [0.2, 0.25) is 5.91 Å². The molecular weight excluding hydrogens is 594 g/mol. The molecule has 1 amide bonds. The smallest absolute Gasteiger partial charge is 0.249 e. The van der Waals surface area contributed by atoms with Crippen LogP contribution < -0.4 is 5.32 Å². The van der Waals surface area contributed by atoms with Gasteiger partial charge < -0.3 is 20.6 Å². The van der Waals surface area contributed by atoms with Gasteiger partial charge in [-0.05, 0) is 12.8 Å². The summed E-state index contributed by atoms with van der Waals surface area (Å²) in [6.45, 7) is 4.25. The Kier molecular flexibility index (Phi) is 38.6. The van der Waals surface area contributed by atoms with E-state index in [0.717, 1.165) is 32.1 Å². The van der Waals surface area contributed by atoms with Crippen LogP contribution in [-0.2, 0) is 4.79 Å². The molecule has 0 heterocycles. The Morgan fingerprint density at radius 2 is 0.667 bits per heavy atom. The molecule has 5 nitrogen and oxygen atoms in total. The van der Waals surface area contributed by atoms with Crippen LogP contribution in [0.2, 0.25) is 0 Å². The van der Waals surface area contributed by atoms with Crippen molar-refractivity contribution in [3.05, 3.63) is 0 Å². The topological polar surface area (TPSA) is 89.8 Å². The molecule has 288 valence electrons.